The molecule has 1 aliphatic rings. The first kappa shape index (κ1) is 10.9. The third-order valence-electron chi connectivity index (χ3n) is 2.56. The van der Waals surface area contributed by atoms with Crippen molar-refractivity contribution in [1.29, 1.82) is 0 Å². The van der Waals surface area contributed by atoms with E-state index in [2.05, 4.69) is 4.98 Å². The number of carbonyl (C=O) groups excluding carboxylic acids is 1. The summed E-state index contributed by atoms with van der Waals surface area (Å²) in [5.41, 5.74) is 6.49. The highest BCUT2D eigenvalue weighted by atomic mass is 16.6. The Morgan fingerprint density at radius 3 is 2.94 bits per heavy atom. The van der Waals surface area contributed by atoms with Gasteiger partial charge < -0.3 is 15.4 Å². The van der Waals surface area contributed by atoms with Gasteiger partial charge in [0.15, 0.2) is 0 Å². The number of nitrogens with zero attached hydrogens (tertiary/aromatic N) is 2. The van der Waals surface area contributed by atoms with E-state index in [1.807, 2.05) is 12.1 Å². The standard InChI is InChI=1S/C11H15N3O2/c12-4-1-10-8-14(11(15)16-10)7-9-2-5-13-6-3-9/h2-3,5-6,10H,1,4,7-8,12H2. The van der Waals surface area contributed by atoms with Crippen molar-refractivity contribution in [3.8, 4) is 0 Å². The monoisotopic (exact) mass is 221 g/mol. The van der Waals surface area contributed by atoms with Crippen LogP contribution in [0, 0.1) is 0 Å². The maximum atomic E-state index is 11.5. The number of hydrogen-bond acceptors (Lipinski definition) is 4. The Bertz CT molecular complexity index is 356. The molecule has 1 aromatic heterocycles. The number of aromatic nitrogens is 1. The zero-order chi connectivity index (χ0) is 11.4. The summed E-state index contributed by atoms with van der Waals surface area (Å²) in [7, 11) is 0. The van der Waals surface area contributed by atoms with Gasteiger partial charge in [0, 0.05) is 18.9 Å². The molecule has 1 unspecified atom stereocenters. The Labute approximate surface area is 94.2 Å². The van der Waals surface area contributed by atoms with Crippen molar-refractivity contribution >= 4 is 6.09 Å². The second kappa shape index (κ2) is 4.94. The molecule has 2 rings (SSSR count). The van der Waals surface area contributed by atoms with Gasteiger partial charge in [0.25, 0.3) is 0 Å². The number of rotatable bonds is 4. The Balaban J connectivity index is 1.94. The number of pyridine rings is 1. The lowest BCUT2D eigenvalue weighted by Gasteiger charge is -2.12. The predicted molar refractivity (Wildman–Crippen MR) is 58.6 cm³/mol. The van der Waals surface area contributed by atoms with E-state index in [1.165, 1.54) is 0 Å². The first-order valence-corrected chi connectivity index (χ1v) is 5.34. The maximum absolute atomic E-state index is 11.5. The molecule has 1 fully saturated rings. The van der Waals surface area contributed by atoms with Gasteiger partial charge in [-0.3, -0.25) is 4.98 Å². The van der Waals surface area contributed by atoms with Gasteiger partial charge in [0.2, 0.25) is 0 Å². The van der Waals surface area contributed by atoms with Crippen LogP contribution in [0.2, 0.25) is 0 Å². The van der Waals surface area contributed by atoms with Crippen LogP contribution in [0.4, 0.5) is 4.79 Å². The van der Waals surface area contributed by atoms with Gasteiger partial charge in [0.1, 0.15) is 6.10 Å². The fourth-order valence-corrected chi connectivity index (χ4v) is 1.75. The lowest BCUT2D eigenvalue weighted by molar-refractivity contribution is 0.129. The molecule has 2 N–H and O–H groups in total. The minimum Gasteiger partial charge on any atom is -0.444 e. The van der Waals surface area contributed by atoms with Crippen LogP contribution in [0.15, 0.2) is 24.5 Å². The van der Waals surface area contributed by atoms with Crippen molar-refractivity contribution in [3.63, 3.8) is 0 Å². The zero-order valence-electron chi connectivity index (χ0n) is 9.00. The van der Waals surface area contributed by atoms with E-state index in [0.29, 0.717) is 19.6 Å². The molecule has 0 saturated carbocycles. The first-order chi connectivity index (χ1) is 7.79. The lowest BCUT2D eigenvalue weighted by Crippen LogP contribution is -2.25. The summed E-state index contributed by atoms with van der Waals surface area (Å²) in [6.07, 6.45) is 3.84. The largest absolute Gasteiger partial charge is 0.444 e. The molecule has 0 radical (unpaired) electrons. The molecule has 86 valence electrons. The van der Waals surface area contributed by atoms with Crippen LogP contribution >= 0.6 is 0 Å². The topological polar surface area (TPSA) is 68.5 Å². The van der Waals surface area contributed by atoms with E-state index in [0.717, 1.165) is 12.0 Å². The number of hydrogen-bond donors (Lipinski definition) is 1. The maximum Gasteiger partial charge on any atom is 0.410 e. The van der Waals surface area contributed by atoms with Crippen molar-refractivity contribution in [2.45, 2.75) is 19.1 Å². The van der Waals surface area contributed by atoms with Gasteiger partial charge in [-0.05, 0) is 30.7 Å². The molecule has 5 heteroatoms. The van der Waals surface area contributed by atoms with Crippen molar-refractivity contribution in [2.24, 2.45) is 5.73 Å². The minimum absolute atomic E-state index is 0.0562. The number of ether oxygens (including phenoxy) is 1. The fourth-order valence-electron chi connectivity index (χ4n) is 1.75. The van der Waals surface area contributed by atoms with Gasteiger partial charge in [-0.1, -0.05) is 0 Å². The highest BCUT2D eigenvalue weighted by Gasteiger charge is 2.30. The van der Waals surface area contributed by atoms with Crippen molar-refractivity contribution in [3.05, 3.63) is 30.1 Å². The molecule has 5 nitrogen and oxygen atoms in total. The number of amides is 1. The third-order valence-corrected chi connectivity index (χ3v) is 2.56. The quantitative estimate of drug-likeness (QED) is 0.814. The normalized spacial score (nSPS) is 19.9. The second-order valence-corrected chi connectivity index (χ2v) is 3.82. The highest BCUT2D eigenvalue weighted by Crippen LogP contribution is 2.16. The SMILES string of the molecule is NCCC1CN(Cc2ccncc2)C(=O)O1. The van der Waals surface area contributed by atoms with E-state index in [-0.39, 0.29) is 12.2 Å². The van der Waals surface area contributed by atoms with Crippen molar-refractivity contribution in [2.75, 3.05) is 13.1 Å². The smallest absolute Gasteiger partial charge is 0.410 e. The van der Waals surface area contributed by atoms with Crippen LogP contribution in [0.5, 0.6) is 0 Å². The Hall–Kier alpha value is -1.62. The summed E-state index contributed by atoms with van der Waals surface area (Å²) in [5.74, 6) is 0. The Morgan fingerprint density at radius 2 is 2.25 bits per heavy atom. The Morgan fingerprint density at radius 1 is 1.50 bits per heavy atom. The first-order valence-electron chi connectivity index (χ1n) is 5.34. The third kappa shape index (κ3) is 2.49. The molecule has 1 amide bonds. The van der Waals surface area contributed by atoms with Crippen molar-refractivity contribution in [1.82, 2.24) is 9.88 Å². The molecule has 1 aromatic rings. The minimum atomic E-state index is -0.254. The van der Waals surface area contributed by atoms with E-state index in [9.17, 15) is 4.79 Å². The van der Waals surface area contributed by atoms with Gasteiger partial charge in [-0.2, -0.15) is 0 Å². The number of cyclic esters (lactones) is 1. The van der Waals surface area contributed by atoms with Crippen LogP contribution in [0.1, 0.15) is 12.0 Å². The van der Waals surface area contributed by atoms with E-state index < -0.39 is 0 Å². The predicted octanol–water partition coefficient (Wildman–Crippen LogP) is 0.751. The van der Waals surface area contributed by atoms with Gasteiger partial charge >= 0.3 is 6.09 Å². The molecule has 2 heterocycles. The molecule has 1 atom stereocenters. The molecule has 0 aliphatic carbocycles. The molecule has 16 heavy (non-hydrogen) atoms. The summed E-state index contributed by atoms with van der Waals surface area (Å²) in [5, 5.41) is 0. The number of carbonyl (C=O) groups is 1. The lowest BCUT2D eigenvalue weighted by atomic mass is 10.2. The molecule has 0 aromatic carbocycles. The molecule has 0 spiro atoms. The van der Waals surface area contributed by atoms with E-state index in [1.54, 1.807) is 17.3 Å². The summed E-state index contributed by atoms with van der Waals surface area (Å²) in [6, 6.07) is 3.78. The molecular weight excluding hydrogens is 206 g/mol. The summed E-state index contributed by atoms with van der Waals surface area (Å²) < 4.78 is 5.18. The fraction of sp³-hybridized carbons (Fsp3) is 0.455. The summed E-state index contributed by atoms with van der Waals surface area (Å²) in [6.45, 7) is 1.74. The van der Waals surface area contributed by atoms with Crippen molar-refractivity contribution < 1.29 is 9.53 Å². The molecule has 0 bridgehead atoms. The van der Waals surface area contributed by atoms with Gasteiger partial charge in [-0.15, -0.1) is 0 Å². The summed E-state index contributed by atoms with van der Waals surface area (Å²) in [4.78, 5) is 17.1. The highest BCUT2D eigenvalue weighted by molar-refractivity contribution is 5.69. The van der Waals surface area contributed by atoms with Crippen LogP contribution < -0.4 is 5.73 Å². The van der Waals surface area contributed by atoms with Gasteiger partial charge in [-0.25, -0.2) is 4.79 Å². The van der Waals surface area contributed by atoms with E-state index >= 15 is 0 Å². The number of nitrogens with two attached hydrogens (primary N) is 1. The van der Waals surface area contributed by atoms with E-state index in [4.69, 9.17) is 10.5 Å². The molecule has 1 aliphatic heterocycles. The molecule has 1 saturated heterocycles. The summed E-state index contributed by atoms with van der Waals surface area (Å²) >= 11 is 0. The van der Waals surface area contributed by atoms with Crippen LogP contribution in [0.3, 0.4) is 0 Å². The Kier molecular flexibility index (Phi) is 3.36. The molecular formula is C11H15N3O2. The zero-order valence-corrected chi connectivity index (χ0v) is 9.00. The van der Waals surface area contributed by atoms with Crippen LogP contribution in [-0.4, -0.2) is 35.2 Å². The average molecular weight is 221 g/mol. The average Bonchev–Trinajstić information content (AvgIpc) is 2.61. The van der Waals surface area contributed by atoms with Gasteiger partial charge in [0.05, 0.1) is 6.54 Å². The van der Waals surface area contributed by atoms with Crippen LogP contribution in [0.25, 0.3) is 0 Å². The van der Waals surface area contributed by atoms with Crippen LogP contribution in [-0.2, 0) is 11.3 Å². The second-order valence-electron chi connectivity index (χ2n) is 3.82.